The highest BCUT2D eigenvalue weighted by Gasteiger charge is 2.38. The van der Waals surface area contributed by atoms with E-state index >= 15 is 0 Å². The average molecular weight is 264 g/mol. The molecule has 0 aliphatic carbocycles. The third-order valence-electron chi connectivity index (χ3n) is 3.15. The zero-order valence-corrected chi connectivity index (χ0v) is 10.4. The summed E-state index contributed by atoms with van der Waals surface area (Å²) >= 11 is 0. The molecule has 19 heavy (non-hydrogen) atoms. The van der Waals surface area contributed by atoms with Crippen molar-refractivity contribution in [3.05, 3.63) is 35.9 Å². The van der Waals surface area contributed by atoms with Crippen LogP contribution in [0.15, 0.2) is 30.3 Å². The highest BCUT2D eigenvalue weighted by Crippen LogP contribution is 2.17. The summed E-state index contributed by atoms with van der Waals surface area (Å²) in [5.74, 6) is -1.70. The summed E-state index contributed by atoms with van der Waals surface area (Å²) in [6.45, 7) is 0.484. The van der Waals surface area contributed by atoms with Crippen molar-refractivity contribution in [1.82, 2.24) is 4.90 Å². The highest BCUT2D eigenvalue weighted by atomic mass is 16.6. The molecule has 2 rings (SSSR count). The Balaban J connectivity index is 1.86. The van der Waals surface area contributed by atoms with Gasteiger partial charge in [-0.05, 0) is 5.56 Å². The first-order chi connectivity index (χ1) is 9.08. The average Bonchev–Trinajstić information content (AvgIpc) is 2.79. The fourth-order valence-electron chi connectivity index (χ4n) is 2.05. The largest absolute Gasteiger partial charge is 0.481 e. The minimum absolute atomic E-state index is 0.101. The lowest BCUT2D eigenvalue weighted by molar-refractivity contribution is -0.141. The third kappa shape index (κ3) is 3.23. The number of hydrogen-bond acceptors (Lipinski definition) is 4. The van der Waals surface area contributed by atoms with E-state index in [4.69, 9.17) is 15.6 Å². The summed E-state index contributed by atoms with van der Waals surface area (Å²) in [5, 5.41) is 8.93. The Hall–Kier alpha value is -2.08. The van der Waals surface area contributed by atoms with Crippen molar-refractivity contribution in [2.45, 2.75) is 12.6 Å². The number of carbonyl (C=O) groups is 2. The Morgan fingerprint density at radius 1 is 1.32 bits per heavy atom. The molecule has 6 heteroatoms. The van der Waals surface area contributed by atoms with Gasteiger partial charge in [-0.1, -0.05) is 30.3 Å². The zero-order chi connectivity index (χ0) is 13.8. The molecule has 3 N–H and O–H groups in total. The summed E-state index contributed by atoms with van der Waals surface area (Å²) in [4.78, 5) is 24.0. The number of amides is 1. The summed E-state index contributed by atoms with van der Waals surface area (Å²) in [6, 6.07) is 8.75. The second-order valence-corrected chi connectivity index (χ2v) is 4.55. The minimum atomic E-state index is -0.981. The number of nitrogens with zero attached hydrogens (tertiary/aromatic N) is 1. The van der Waals surface area contributed by atoms with Gasteiger partial charge in [-0.3, -0.25) is 4.79 Å². The van der Waals surface area contributed by atoms with Gasteiger partial charge in [0.25, 0.3) is 0 Å². The number of carboxylic acids is 1. The number of nitrogens with two attached hydrogens (primary N) is 1. The molecule has 0 bridgehead atoms. The molecule has 0 spiro atoms. The van der Waals surface area contributed by atoms with Crippen LogP contribution in [0.5, 0.6) is 0 Å². The minimum Gasteiger partial charge on any atom is -0.481 e. The smallest absolute Gasteiger partial charge is 0.410 e. The second-order valence-electron chi connectivity index (χ2n) is 4.55. The van der Waals surface area contributed by atoms with Crippen LogP contribution in [0.2, 0.25) is 0 Å². The number of aliphatic carboxylic acids is 1. The molecule has 1 heterocycles. The maximum absolute atomic E-state index is 11.8. The van der Waals surface area contributed by atoms with Gasteiger partial charge in [-0.15, -0.1) is 0 Å². The maximum Gasteiger partial charge on any atom is 0.410 e. The van der Waals surface area contributed by atoms with Crippen LogP contribution < -0.4 is 5.73 Å². The molecule has 1 aliphatic rings. The fourth-order valence-corrected chi connectivity index (χ4v) is 2.05. The van der Waals surface area contributed by atoms with Gasteiger partial charge in [0, 0.05) is 19.1 Å². The molecular weight excluding hydrogens is 248 g/mol. The molecule has 2 atom stereocenters. The Bertz CT molecular complexity index is 463. The van der Waals surface area contributed by atoms with Crippen molar-refractivity contribution in [1.29, 1.82) is 0 Å². The molecule has 1 fully saturated rings. The van der Waals surface area contributed by atoms with E-state index in [0.717, 1.165) is 5.56 Å². The number of hydrogen-bond donors (Lipinski definition) is 2. The summed E-state index contributed by atoms with van der Waals surface area (Å²) in [5.41, 5.74) is 6.57. The van der Waals surface area contributed by atoms with Crippen LogP contribution in [0, 0.1) is 5.92 Å². The van der Waals surface area contributed by atoms with Gasteiger partial charge in [0.2, 0.25) is 0 Å². The van der Waals surface area contributed by atoms with Crippen molar-refractivity contribution in [2.24, 2.45) is 11.7 Å². The first-order valence-corrected chi connectivity index (χ1v) is 6.02. The lowest BCUT2D eigenvalue weighted by Gasteiger charge is -2.15. The number of rotatable bonds is 3. The van der Waals surface area contributed by atoms with Gasteiger partial charge in [-0.25, -0.2) is 4.79 Å². The van der Waals surface area contributed by atoms with Crippen LogP contribution in [0.4, 0.5) is 4.79 Å². The van der Waals surface area contributed by atoms with Gasteiger partial charge in [0.05, 0.1) is 5.92 Å². The van der Waals surface area contributed by atoms with Gasteiger partial charge < -0.3 is 20.5 Å². The number of carbonyl (C=O) groups excluding carboxylic acids is 1. The molecule has 1 saturated heterocycles. The van der Waals surface area contributed by atoms with Gasteiger partial charge >= 0.3 is 12.1 Å². The molecular formula is C13H16N2O4. The lowest BCUT2D eigenvalue weighted by Crippen LogP contribution is -2.34. The Labute approximate surface area is 110 Å². The first kappa shape index (κ1) is 13.4. The standard InChI is InChI=1S/C13H16N2O4/c14-11-7-15(6-10(11)12(16)17)13(18)19-8-9-4-2-1-3-5-9/h1-5,10-11H,6-8,14H2,(H,16,17)/t10-,11-/m1/s1. The zero-order valence-electron chi connectivity index (χ0n) is 10.4. The molecule has 0 radical (unpaired) electrons. The molecule has 1 aliphatic heterocycles. The van der Waals surface area contributed by atoms with Crippen LogP contribution in [-0.2, 0) is 16.1 Å². The summed E-state index contributed by atoms with van der Waals surface area (Å²) in [6.07, 6.45) is -0.525. The molecule has 6 nitrogen and oxygen atoms in total. The Kier molecular flexibility index (Phi) is 4.01. The summed E-state index contributed by atoms with van der Waals surface area (Å²) in [7, 11) is 0. The van der Waals surface area contributed by atoms with Crippen LogP contribution in [0.1, 0.15) is 5.56 Å². The molecule has 1 amide bonds. The molecule has 0 unspecified atom stereocenters. The third-order valence-corrected chi connectivity index (χ3v) is 3.15. The number of benzene rings is 1. The number of likely N-dealkylation sites (tertiary alicyclic amines) is 1. The van der Waals surface area contributed by atoms with E-state index in [2.05, 4.69) is 0 Å². The molecule has 102 valence electrons. The van der Waals surface area contributed by atoms with Crippen molar-refractivity contribution < 1.29 is 19.4 Å². The molecule has 1 aromatic rings. The maximum atomic E-state index is 11.8. The van der Waals surface area contributed by atoms with Crippen LogP contribution in [-0.4, -0.2) is 41.2 Å². The normalized spacial score (nSPS) is 22.3. The SMILES string of the molecule is N[C@@H]1CN(C(=O)OCc2ccccc2)C[C@H]1C(=O)O. The Morgan fingerprint density at radius 3 is 2.58 bits per heavy atom. The van der Waals surface area contributed by atoms with Crippen LogP contribution >= 0.6 is 0 Å². The van der Waals surface area contributed by atoms with E-state index in [1.165, 1.54) is 4.90 Å². The van der Waals surface area contributed by atoms with E-state index in [0.29, 0.717) is 0 Å². The number of carboxylic acid groups (broad SMARTS) is 1. The monoisotopic (exact) mass is 264 g/mol. The second kappa shape index (κ2) is 5.71. The summed E-state index contributed by atoms with van der Waals surface area (Å²) < 4.78 is 5.13. The molecule has 0 aromatic heterocycles. The lowest BCUT2D eigenvalue weighted by atomic mass is 10.1. The first-order valence-electron chi connectivity index (χ1n) is 6.02. The van der Waals surface area contributed by atoms with E-state index in [-0.39, 0.29) is 19.7 Å². The van der Waals surface area contributed by atoms with Gasteiger partial charge in [-0.2, -0.15) is 0 Å². The topological polar surface area (TPSA) is 92.9 Å². The van der Waals surface area contributed by atoms with Crippen LogP contribution in [0.25, 0.3) is 0 Å². The van der Waals surface area contributed by atoms with Gasteiger partial charge in [0.1, 0.15) is 6.61 Å². The van der Waals surface area contributed by atoms with Crippen molar-refractivity contribution >= 4 is 12.1 Å². The van der Waals surface area contributed by atoms with E-state index in [9.17, 15) is 9.59 Å². The van der Waals surface area contributed by atoms with Crippen molar-refractivity contribution in [2.75, 3.05) is 13.1 Å². The fraction of sp³-hybridized carbons (Fsp3) is 0.385. The van der Waals surface area contributed by atoms with Crippen molar-refractivity contribution in [3.8, 4) is 0 Å². The molecule has 1 aromatic carbocycles. The number of ether oxygens (including phenoxy) is 1. The quantitative estimate of drug-likeness (QED) is 0.836. The Morgan fingerprint density at radius 2 is 2.00 bits per heavy atom. The van der Waals surface area contributed by atoms with E-state index in [1.807, 2.05) is 30.3 Å². The molecule has 0 saturated carbocycles. The predicted octanol–water partition coefficient (Wildman–Crippen LogP) is 0.667. The predicted molar refractivity (Wildman–Crippen MR) is 67.3 cm³/mol. The van der Waals surface area contributed by atoms with E-state index in [1.54, 1.807) is 0 Å². The van der Waals surface area contributed by atoms with Crippen LogP contribution in [0.3, 0.4) is 0 Å². The van der Waals surface area contributed by atoms with Gasteiger partial charge in [0.15, 0.2) is 0 Å². The van der Waals surface area contributed by atoms with E-state index < -0.39 is 24.0 Å². The highest BCUT2D eigenvalue weighted by molar-refractivity contribution is 5.75. The van der Waals surface area contributed by atoms with Crippen molar-refractivity contribution in [3.63, 3.8) is 0 Å².